The molecule has 9 heteroatoms. The number of para-hydroxylation sites is 1. The molecule has 1 heterocycles. The highest BCUT2D eigenvalue weighted by Crippen LogP contribution is 2.36. The number of ether oxygens (including phenoxy) is 1. The molecule has 132 valence electrons. The number of alkyl halides is 5. The van der Waals surface area contributed by atoms with Crippen LogP contribution >= 0.6 is 12.4 Å². The van der Waals surface area contributed by atoms with E-state index >= 15 is 0 Å². The minimum absolute atomic E-state index is 0. The lowest BCUT2D eigenvalue weighted by molar-refractivity contribution is -0.275. The molecule has 1 aromatic carbocycles. The van der Waals surface area contributed by atoms with Crippen molar-refractivity contribution >= 4 is 12.4 Å². The molecule has 0 bridgehead atoms. The first kappa shape index (κ1) is 19.9. The van der Waals surface area contributed by atoms with Crippen molar-refractivity contribution in [2.24, 2.45) is 0 Å². The Labute approximate surface area is 137 Å². The van der Waals surface area contributed by atoms with Crippen molar-refractivity contribution in [2.45, 2.75) is 25.3 Å². The van der Waals surface area contributed by atoms with Gasteiger partial charge in [0.2, 0.25) is 6.43 Å². The summed E-state index contributed by atoms with van der Waals surface area (Å²) in [5.41, 5.74) is 0.141. The van der Waals surface area contributed by atoms with Gasteiger partial charge in [-0.3, -0.25) is 4.90 Å². The molecule has 1 aliphatic heterocycles. The fourth-order valence-electron chi connectivity index (χ4n) is 2.61. The highest BCUT2D eigenvalue weighted by Gasteiger charge is 2.34. The van der Waals surface area contributed by atoms with Crippen LogP contribution in [0.2, 0.25) is 0 Å². The van der Waals surface area contributed by atoms with Crippen LogP contribution in [0, 0.1) is 0 Å². The zero-order valence-electron chi connectivity index (χ0n) is 12.2. The van der Waals surface area contributed by atoms with Gasteiger partial charge in [-0.1, -0.05) is 18.2 Å². The van der Waals surface area contributed by atoms with Crippen LogP contribution in [0.4, 0.5) is 22.0 Å². The number of nitrogens with zero attached hydrogens (tertiary/aromatic N) is 1. The van der Waals surface area contributed by atoms with Crippen LogP contribution in [0.1, 0.15) is 18.0 Å². The molecule has 1 fully saturated rings. The fourth-order valence-corrected chi connectivity index (χ4v) is 2.61. The Morgan fingerprint density at radius 3 is 2.30 bits per heavy atom. The zero-order chi connectivity index (χ0) is 16.2. The first-order valence-corrected chi connectivity index (χ1v) is 6.94. The van der Waals surface area contributed by atoms with Crippen LogP contribution < -0.4 is 10.1 Å². The second kappa shape index (κ2) is 8.65. The average Bonchev–Trinajstić information content (AvgIpc) is 2.45. The Morgan fingerprint density at radius 1 is 1.13 bits per heavy atom. The van der Waals surface area contributed by atoms with E-state index in [1.54, 1.807) is 4.90 Å². The lowest BCUT2D eigenvalue weighted by Gasteiger charge is -2.35. The van der Waals surface area contributed by atoms with Gasteiger partial charge in [0.1, 0.15) is 5.75 Å². The molecule has 0 unspecified atom stereocenters. The summed E-state index contributed by atoms with van der Waals surface area (Å²) in [6, 6.07) is 4.68. The maximum Gasteiger partial charge on any atom is 0.573 e. The van der Waals surface area contributed by atoms with Gasteiger partial charge in [0.15, 0.2) is 0 Å². The van der Waals surface area contributed by atoms with E-state index in [0.29, 0.717) is 26.2 Å². The molecule has 3 nitrogen and oxygen atoms in total. The Balaban J connectivity index is 0.00000264. The monoisotopic (exact) mass is 360 g/mol. The van der Waals surface area contributed by atoms with Gasteiger partial charge in [0.25, 0.3) is 0 Å². The number of hydrogen-bond acceptors (Lipinski definition) is 3. The van der Waals surface area contributed by atoms with Crippen molar-refractivity contribution in [1.29, 1.82) is 0 Å². The summed E-state index contributed by atoms with van der Waals surface area (Å²) >= 11 is 0. The van der Waals surface area contributed by atoms with Crippen molar-refractivity contribution in [3.05, 3.63) is 29.8 Å². The molecule has 1 aliphatic rings. The third-order valence-corrected chi connectivity index (χ3v) is 3.50. The fraction of sp³-hybridized carbons (Fsp3) is 0.571. The molecule has 0 aromatic heterocycles. The van der Waals surface area contributed by atoms with Crippen LogP contribution in [0.25, 0.3) is 0 Å². The summed E-state index contributed by atoms with van der Waals surface area (Å²) in [4.78, 5) is 1.77. The first-order valence-electron chi connectivity index (χ1n) is 6.94. The third kappa shape index (κ3) is 6.12. The van der Waals surface area contributed by atoms with Gasteiger partial charge in [-0.05, 0) is 6.07 Å². The Hall–Kier alpha value is -1.12. The number of benzene rings is 1. The normalized spacial score (nSPS) is 17.7. The van der Waals surface area contributed by atoms with E-state index in [2.05, 4.69) is 10.1 Å². The molecule has 1 aromatic rings. The highest BCUT2D eigenvalue weighted by atomic mass is 35.5. The molecule has 23 heavy (non-hydrogen) atoms. The van der Waals surface area contributed by atoms with Crippen LogP contribution in [0.5, 0.6) is 5.75 Å². The molecule has 1 saturated heterocycles. The van der Waals surface area contributed by atoms with E-state index in [1.165, 1.54) is 18.2 Å². The van der Waals surface area contributed by atoms with Crippen LogP contribution in [-0.2, 0) is 0 Å². The number of rotatable bonds is 5. The molecule has 1 atom stereocenters. The molecule has 0 spiro atoms. The van der Waals surface area contributed by atoms with E-state index < -0.39 is 31.0 Å². The second-order valence-corrected chi connectivity index (χ2v) is 5.01. The summed E-state index contributed by atoms with van der Waals surface area (Å²) in [6.07, 6.45) is -7.99. The molecule has 0 radical (unpaired) electrons. The van der Waals surface area contributed by atoms with Crippen molar-refractivity contribution in [3.63, 3.8) is 0 Å². The summed E-state index contributed by atoms with van der Waals surface area (Å²) in [5.74, 6) is -0.417. The SMILES string of the molecule is Cl.FC(F)C[C@H](c1ccccc1OC(F)(F)F)N1CCNCC1. The summed E-state index contributed by atoms with van der Waals surface area (Å²) in [7, 11) is 0. The highest BCUT2D eigenvalue weighted by molar-refractivity contribution is 5.85. The lowest BCUT2D eigenvalue weighted by Crippen LogP contribution is -2.45. The smallest absolute Gasteiger partial charge is 0.405 e. The van der Waals surface area contributed by atoms with Crippen LogP contribution in [0.3, 0.4) is 0 Å². The summed E-state index contributed by atoms with van der Waals surface area (Å²) in [6.45, 7) is 2.22. The van der Waals surface area contributed by atoms with E-state index in [0.717, 1.165) is 6.07 Å². The van der Waals surface area contributed by atoms with E-state index in [1.807, 2.05) is 0 Å². The van der Waals surface area contributed by atoms with Gasteiger partial charge in [-0.15, -0.1) is 25.6 Å². The molecule has 0 aliphatic carbocycles. The van der Waals surface area contributed by atoms with Crippen molar-refractivity contribution < 1.29 is 26.7 Å². The second-order valence-electron chi connectivity index (χ2n) is 5.01. The Bertz CT molecular complexity index is 480. The lowest BCUT2D eigenvalue weighted by atomic mass is 10.00. The molecule has 0 amide bonds. The predicted octanol–water partition coefficient (Wildman–Crippen LogP) is 3.61. The van der Waals surface area contributed by atoms with Crippen molar-refractivity contribution in [2.75, 3.05) is 26.2 Å². The summed E-state index contributed by atoms with van der Waals surface area (Å²) in [5, 5.41) is 3.09. The van der Waals surface area contributed by atoms with Crippen molar-refractivity contribution in [3.8, 4) is 5.75 Å². The van der Waals surface area contributed by atoms with Crippen LogP contribution in [0.15, 0.2) is 24.3 Å². The van der Waals surface area contributed by atoms with Gasteiger partial charge >= 0.3 is 6.36 Å². The van der Waals surface area contributed by atoms with Gasteiger partial charge < -0.3 is 10.1 Å². The molecule has 0 saturated carbocycles. The van der Waals surface area contributed by atoms with Gasteiger partial charge in [0, 0.05) is 44.2 Å². The minimum Gasteiger partial charge on any atom is -0.405 e. The number of halogens is 6. The first-order chi connectivity index (χ1) is 10.4. The maximum atomic E-state index is 12.9. The van der Waals surface area contributed by atoms with Gasteiger partial charge in [-0.2, -0.15) is 0 Å². The largest absolute Gasteiger partial charge is 0.573 e. The van der Waals surface area contributed by atoms with Crippen molar-refractivity contribution in [1.82, 2.24) is 10.2 Å². The van der Waals surface area contributed by atoms with E-state index in [4.69, 9.17) is 0 Å². The molecular weight excluding hydrogens is 343 g/mol. The topological polar surface area (TPSA) is 24.5 Å². The number of nitrogens with one attached hydrogen (secondary N) is 1. The molecule has 2 rings (SSSR count). The predicted molar refractivity (Wildman–Crippen MR) is 78.2 cm³/mol. The number of piperazine rings is 1. The standard InChI is InChI=1S/C14H17F5N2O.ClH/c15-13(16)9-11(21-7-5-20-6-8-21)10-3-1-2-4-12(10)22-14(17,18)19;/h1-4,11,13,20H,5-9H2;1H/t11-;/m1./s1. The molecule has 1 N–H and O–H groups in total. The Kier molecular flexibility index (Phi) is 7.50. The summed E-state index contributed by atoms with van der Waals surface area (Å²) < 4.78 is 67.3. The van der Waals surface area contributed by atoms with Gasteiger partial charge in [0.05, 0.1) is 0 Å². The van der Waals surface area contributed by atoms with Gasteiger partial charge in [-0.25, -0.2) is 8.78 Å². The van der Waals surface area contributed by atoms with E-state index in [-0.39, 0.29) is 18.0 Å². The zero-order valence-corrected chi connectivity index (χ0v) is 13.0. The van der Waals surface area contributed by atoms with E-state index in [9.17, 15) is 22.0 Å². The quantitative estimate of drug-likeness (QED) is 0.812. The number of hydrogen-bond donors (Lipinski definition) is 1. The minimum atomic E-state index is -4.85. The Morgan fingerprint density at radius 2 is 1.74 bits per heavy atom. The van der Waals surface area contributed by atoms with Crippen LogP contribution in [-0.4, -0.2) is 43.9 Å². The maximum absolute atomic E-state index is 12.9. The molecular formula is C14H18ClF5N2O. The average molecular weight is 361 g/mol. The third-order valence-electron chi connectivity index (χ3n) is 3.50.